The van der Waals surface area contributed by atoms with E-state index in [0.717, 1.165) is 96.3 Å². The van der Waals surface area contributed by atoms with E-state index >= 15 is 0 Å². The van der Waals surface area contributed by atoms with Crippen LogP contribution in [0.3, 0.4) is 0 Å². The SMILES string of the molecule is CC/C=C\C/C=C\C/C=C\CCCCC(=O)OCC(COC(=O)CCCCCCC/C=C\CCCCCCCCCCC)OC(=O)CCCCCCCCC/C=C\C/C=C\CCCCC. The van der Waals surface area contributed by atoms with Crippen molar-refractivity contribution in [3.63, 3.8) is 0 Å². The second-order valence-electron chi connectivity index (χ2n) is 18.1. The highest BCUT2D eigenvalue weighted by Crippen LogP contribution is 2.14. The van der Waals surface area contributed by atoms with Crippen molar-refractivity contribution in [2.45, 2.75) is 271 Å². The van der Waals surface area contributed by atoms with E-state index in [0.29, 0.717) is 19.3 Å². The second kappa shape index (κ2) is 53.5. The van der Waals surface area contributed by atoms with Crippen molar-refractivity contribution in [3.05, 3.63) is 72.9 Å². The Hall–Kier alpha value is -3.15. The van der Waals surface area contributed by atoms with Gasteiger partial charge >= 0.3 is 17.9 Å². The van der Waals surface area contributed by atoms with Gasteiger partial charge in [0.25, 0.3) is 0 Å². The van der Waals surface area contributed by atoms with Crippen LogP contribution in [-0.4, -0.2) is 37.2 Å². The van der Waals surface area contributed by atoms with Crippen molar-refractivity contribution >= 4 is 17.9 Å². The van der Waals surface area contributed by atoms with Crippen LogP contribution in [0.15, 0.2) is 72.9 Å². The molecule has 0 rings (SSSR count). The highest BCUT2D eigenvalue weighted by molar-refractivity contribution is 5.71. The Labute approximate surface area is 402 Å². The number of unbranched alkanes of at least 4 members (excludes halogenated alkanes) is 26. The van der Waals surface area contributed by atoms with E-state index in [1.54, 1.807) is 0 Å². The molecule has 6 nitrogen and oxygen atoms in total. The Bertz CT molecular complexity index is 1230. The molecule has 0 fully saturated rings. The zero-order valence-electron chi connectivity index (χ0n) is 42.7. The Morgan fingerprint density at radius 1 is 0.323 bits per heavy atom. The van der Waals surface area contributed by atoms with Gasteiger partial charge in [-0.05, 0) is 109 Å². The molecule has 0 radical (unpaired) electrons. The van der Waals surface area contributed by atoms with Gasteiger partial charge in [-0.3, -0.25) is 14.4 Å². The standard InChI is InChI=1S/C59H102O6/c1-4-7-10-13-16-19-22-25-27-29-31-32-34-37-40-43-46-49-52-58(61)64-55-56(54-63-57(60)51-48-45-42-39-36-24-21-18-15-12-9-6-3)65-59(62)53-50-47-44-41-38-35-33-30-28-26-23-20-17-14-11-8-5-2/h9,12,17-18,20-21,26,28,31-32,36,39,56H,4-8,10-11,13-16,19,22-25,27,29-30,33-35,37-38,40-55H2,1-3H3/b12-9-,20-17-,21-18-,28-26-,32-31-,39-36-. The molecule has 0 amide bonds. The van der Waals surface area contributed by atoms with Crippen LogP contribution in [0.4, 0.5) is 0 Å². The summed E-state index contributed by atoms with van der Waals surface area (Å²) in [6.45, 7) is 6.46. The summed E-state index contributed by atoms with van der Waals surface area (Å²) in [6.07, 6.45) is 67.5. The summed E-state index contributed by atoms with van der Waals surface area (Å²) in [5.74, 6) is -0.947. The van der Waals surface area contributed by atoms with Gasteiger partial charge in [-0.1, -0.05) is 209 Å². The monoisotopic (exact) mass is 907 g/mol. The average Bonchev–Trinajstić information content (AvgIpc) is 3.30. The molecule has 1 unspecified atom stereocenters. The normalized spacial score (nSPS) is 12.6. The highest BCUT2D eigenvalue weighted by Gasteiger charge is 2.19. The second-order valence-corrected chi connectivity index (χ2v) is 18.1. The zero-order chi connectivity index (χ0) is 47.2. The fourth-order valence-electron chi connectivity index (χ4n) is 7.54. The lowest BCUT2D eigenvalue weighted by Gasteiger charge is -2.18. The third kappa shape index (κ3) is 51.7. The molecule has 0 aromatic heterocycles. The highest BCUT2D eigenvalue weighted by atomic mass is 16.6. The summed E-state index contributed by atoms with van der Waals surface area (Å²) < 4.78 is 16.8. The number of carbonyl (C=O) groups excluding carboxylic acids is 3. The van der Waals surface area contributed by atoms with Crippen LogP contribution in [0.2, 0.25) is 0 Å². The molecule has 0 aliphatic rings. The first-order chi connectivity index (χ1) is 32.0. The smallest absolute Gasteiger partial charge is 0.306 e. The number of hydrogen-bond donors (Lipinski definition) is 0. The minimum absolute atomic E-state index is 0.0949. The lowest BCUT2D eigenvalue weighted by atomic mass is 10.1. The summed E-state index contributed by atoms with van der Waals surface area (Å²) in [6, 6.07) is 0. The molecule has 0 spiro atoms. The molecular weight excluding hydrogens is 805 g/mol. The lowest BCUT2D eigenvalue weighted by Crippen LogP contribution is -2.30. The first-order valence-corrected chi connectivity index (χ1v) is 27.4. The van der Waals surface area contributed by atoms with Crippen LogP contribution in [0.1, 0.15) is 265 Å². The summed E-state index contributed by atoms with van der Waals surface area (Å²) in [5.41, 5.74) is 0. The predicted octanol–water partition coefficient (Wildman–Crippen LogP) is 18.2. The van der Waals surface area contributed by atoms with Gasteiger partial charge in [0, 0.05) is 19.3 Å². The number of ether oxygens (including phenoxy) is 3. The minimum atomic E-state index is -0.798. The van der Waals surface area contributed by atoms with E-state index < -0.39 is 6.10 Å². The Morgan fingerprint density at radius 2 is 0.600 bits per heavy atom. The van der Waals surface area contributed by atoms with Gasteiger partial charge in [0.1, 0.15) is 13.2 Å². The molecule has 0 aromatic rings. The number of carbonyl (C=O) groups is 3. The van der Waals surface area contributed by atoms with Crippen molar-refractivity contribution in [1.29, 1.82) is 0 Å². The van der Waals surface area contributed by atoms with Gasteiger partial charge in [0.2, 0.25) is 0 Å². The van der Waals surface area contributed by atoms with Crippen LogP contribution in [0, 0.1) is 0 Å². The van der Waals surface area contributed by atoms with Gasteiger partial charge in [-0.25, -0.2) is 0 Å². The molecule has 0 aliphatic heterocycles. The van der Waals surface area contributed by atoms with E-state index in [1.165, 1.54) is 128 Å². The maximum Gasteiger partial charge on any atom is 0.306 e. The maximum atomic E-state index is 12.8. The van der Waals surface area contributed by atoms with Crippen molar-refractivity contribution in [1.82, 2.24) is 0 Å². The first-order valence-electron chi connectivity index (χ1n) is 27.4. The van der Waals surface area contributed by atoms with Gasteiger partial charge in [-0.2, -0.15) is 0 Å². The van der Waals surface area contributed by atoms with Crippen LogP contribution in [0.5, 0.6) is 0 Å². The number of hydrogen-bond acceptors (Lipinski definition) is 6. The molecule has 374 valence electrons. The van der Waals surface area contributed by atoms with Crippen molar-refractivity contribution in [2.24, 2.45) is 0 Å². The van der Waals surface area contributed by atoms with E-state index in [1.807, 2.05) is 0 Å². The topological polar surface area (TPSA) is 78.9 Å². The maximum absolute atomic E-state index is 12.8. The number of rotatable bonds is 49. The molecule has 0 aromatic carbocycles. The van der Waals surface area contributed by atoms with Crippen LogP contribution in [-0.2, 0) is 28.6 Å². The molecular formula is C59H102O6. The summed E-state index contributed by atoms with van der Waals surface area (Å²) in [5, 5.41) is 0. The fraction of sp³-hybridized carbons (Fsp3) is 0.746. The number of esters is 3. The number of allylic oxidation sites excluding steroid dienone is 12. The van der Waals surface area contributed by atoms with Crippen LogP contribution >= 0.6 is 0 Å². The molecule has 0 heterocycles. The van der Waals surface area contributed by atoms with E-state index in [-0.39, 0.29) is 31.1 Å². The Kier molecular flexibility index (Phi) is 50.9. The molecule has 65 heavy (non-hydrogen) atoms. The molecule has 0 saturated heterocycles. The summed E-state index contributed by atoms with van der Waals surface area (Å²) in [7, 11) is 0. The molecule has 0 aliphatic carbocycles. The first kappa shape index (κ1) is 61.9. The van der Waals surface area contributed by atoms with E-state index in [9.17, 15) is 14.4 Å². The van der Waals surface area contributed by atoms with Gasteiger partial charge in [0.05, 0.1) is 0 Å². The molecule has 0 bridgehead atoms. The largest absolute Gasteiger partial charge is 0.462 e. The fourth-order valence-corrected chi connectivity index (χ4v) is 7.54. The summed E-state index contributed by atoms with van der Waals surface area (Å²) in [4.78, 5) is 38.0. The van der Waals surface area contributed by atoms with Crippen molar-refractivity contribution in [3.8, 4) is 0 Å². The lowest BCUT2D eigenvalue weighted by molar-refractivity contribution is -0.167. The van der Waals surface area contributed by atoms with Crippen LogP contribution in [0.25, 0.3) is 0 Å². The third-order valence-corrected chi connectivity index (χ3v) is 11.7. The molecule has 1 atom stereocenters. The molecule has 0 saturated carbocycles. The molecule has 6 heteroatoms. The van der Waals surface area contributed by atoms with Gasteiger partial charge < -0.3 is 14.2 Å². The predicted molar refractivity (Wildman–Crippen MR) is 279 cm³/mol. The van der Waals surface area contributed by atoms with Gasteiger partial charge in [-0.15, -0.1) is 0 Å². The van der Waals surface area contributed by atoms with Crippen molar-refractivity contribution < 1.29 is 28.6 Å². The third-order valence-electron chi connectivity index (χ3n) is 11.7. The summed E-state index contributed by atoms with van der Waals surface area (Å²) >= 11 is 0. The molecule has 0 N–H and O–H groups in total. The average molecular weight is 907 g/mol. The van der Waals surface area contributed by atoms with Gasteiger partial charge in [0.15, 0.2) is 6.10 Å². The van der Waals surface area contributed by atoms with Crippen molar-refractivity contribution in [2.75, 3.05) is 13.2 Å². The zero-order valence-corrected chi connectivity index (χ0v) is 42.7. The Morgan fingerprint density at radius 3 is 1.02 bits per heavy atom. The van der Waals surface area contributed by atoms with Crippen LogP contribution < -0.4 is 0 Å². The Balaban J connectivity index is 4.41. The minimum Gasteiger partial charge on any atom is -0.462 e. The quantitative estimate of drug-likeness (QED) is 0.0262. The van der Waals surface area contributed by atoms with E-state index in [4.69, 9.17) is 14.2 Å². The van der Waals surface area contributed by atoms with E-state index in [2.05, 4.69) is 93.7 Å².